The zero-order chi connectivity index (χ0) is 21.0. The van der Waals surface area contributed by atoms with Crippen molar-refractivity contribution in [3.63, 3.8) is 0 Å². The van der Waals surface area contributed by atoms with Crippen molar-refractivity contribution in [3.8, 4) is 11.5 Å². The Bertz CT molecular complexity index is 868. The molecule has 0 radical (unpaired) electrons. The molecule has 0 bridgehead atoms. The molecule has 0 spiro atoms. The number of halogens is 2. The van der Waals surface area contributed by atoms with Crippen molar-refractivity contribution in [3.05, 3.63) is 58.7 Å². The first-order chi connectivity index (χ1) is 14.0. The minimum Gasteiger partial charge on any atom is -0.493 e. The maximum absolute atomic E-state index is 14.0. The molecule has 3 rings (SSSR count). The Morgan fingerprint density at radius 2 is 1.72 bits per heavy atom. The van der Waals surface area contributed by atoms with Crippen molar-refractivity contribution in [2.75, 3.05) is 33.9 Å². The summed E-state index contributed by atoms with van der Waals surface area (Å²) in [6.45, 7) is 3.60. The van der Waals surface area contributed by atoms with Crippen LogP contribution in [0.5, 0.6) is 11.5 Å². The second-order valence-corrected chi connectivity index (χ2v) is 7.04. The SMILES string of the molecule is CCN(CC(=O)N1CCc2cc(OC)c(OC)cc2C1)Cc1c(F)cccc1F. The van der Waals surface area contributed by atoms with Crippen molar-refractivity contribution in [2.24, 2.45) is 0 Å². The number of likely N-dealkylation sites (N-methyl/N-ethyl adjacent to an activating group) is 1. The molecule has 2 aromatic carbocycles. The fraction of sp³-hybridized carbons (Fsp3) is 0.409. The molecule has 0 aromatic heterocycles. The van der Waals surface area contributed by atoms with E-state index in [-0.39, 0.29) is 24.6 Å². The first kappa shape index (κ1) is 21.0. The molecule has 156 valence electrons. The molecule has 0 saturated carbocycles. The maximum Gasteiger partial charge on any atom is 0.237 e. The molecule has 0 N–H and O–H groups in total. The molecular weight excluding hydrogens is 378 g/mol. The van der Waals surface area contributed by atoms with Crippen LogP contribution in [-0.4, -0.2) is 49.6 Å². The molecule has 1 aliphatic heterocycles. The zero-order valence-corrected chi connectivity index (χ0v) is 17.0. The summed E-state index contributed by atoms with van der Waals surface area (Å²) in [6, 6.07) is 7.66. The lowest BCUT2D eigenvalue weighted by Gasteiger charge is -2.31. The Morgan fingerprint density at radius 3 is 2.31 bits per heavy atom. The highest BCUT2D eigenvalue weighted by molar-refractivity contribution is 5.78. The molecule has 29 heavy (non-hydrogen) atoms. The molecule has 1 aliphatic rings. The molecule has 1 amide bonds. The molecule has 1 heterocycles. The number of ether oxygens (including phenoxy) is 2. The highest BCUT2D eigenvalue weighted by Crippen LogP contribution is 2.33. The summed E-state index contributed by atoms with van der Waals surface area (Å²) >= 11 is 0. The van der Waals surface area contributed by atoms with Gasteiger partial charge in [-0.05, 0) is 48.4 Å². The van der Waals surface area contributed by atoms with Crippen LogP contribution in [0.1, 0.15) is 23.6 Å². The predicted octanol–water partition coefficient (Wildman–Crippen LogP) is 3.39. The standard InChI is InChI=1S/C22H26F2N2O3/c1-4-25(13-17-18(23)6-5-7-19(17)24)14-22(27)26-9-8-15-10-20(28-2)21(29-3)11-16(15)12-26/h5-7,10-11H,4,8-9,12-14H2,1-3H3. The average molecular weight is 404 g/mol. The Balaban J connectivity index is 1.69. The van der Waals surface area contributed by atoms with Crippen molar-refractivity contribution in [1.29, 1.82) is 0 Å². The summed E-state index contributed by atoms with van der Waals surface area (Å²) in [4.78, 5) is 16.4. The Kier molecular flexibility index (Phi) is 6.69. The number of carbonyl (C=O) groups excluding carboxylic acids is 1. The Morgan fingerprint density at radius 1 is 1.10 bits per heavy atom. The third-order valence-electron chi connectivity index (χ3n) is 5.32. The van der Waals surface area contributed by atoms with Crippen molar-refractivity contribution >= 4 is 5.91 Å². The van der Waals surface area contributed by atoms with Gasteiger partial charge in [-0.2, -0.15) is 0 Å². The summed E-state index contributed by atoms with van der Waals surface area (Å²) in [6.07, 6.45) is 0.718. The van der Waals surface area contributed by atoms with Gasteiger partial charge in [0.15, 0.2) is 11.5 Å². The number of fused-ring (bicyclic) bond motifs is 1. The first-order valence-electron chi connectivity index (χ1n) is 9.63. The van der Waals surface area contributed by atoms with Crippen LogP contribution in [0, 0.1) is 11.6 Å². The van der Waals surface area contributed by atoms with E-state index in [1.165, 1.54) is 18.2 Å². The lowest BCUT2D eigenvalue weighted by Crippen LogP contribution is -2.42. The molecule has 0 saturated heterocycles. The lowest BCUT2D eigenvalue weighted by atomic mass is 9.98. The van der Waals surface area contributed by atoms with E-state index < -0.39 is 11.6 Å². The number of hydrogen-bond donors (Lipinski definition) is 0. The van der Waals surface area contributed by atoms with Crippen molar-refractivity contribution < 1.29 is 23.0 Å². The molecule has 5 nitrogen and oxygen atoms in total. The summed E-state index contributed by atoms with van der Waals surface area (Å²) in [5.41, 5.74) is 2.14. The van der Waals surface area contributed by atoms with Crippen LogP contribution in [0.15, 0.2) is 30.3 Å². The van der Waals surface area contributed by atoms with E-state index in [9.17, 15) is 13.6 Å². The molecule has 0 unspecified atom stereocenters. The summed E-state index contributed by atoms with van der Waals surface area (Å²) < 4.78 is 38.6. The lowest BCUT2D eigenvalue weighted by molar-refractivity contribution is -0.133. The topological polar surface area (TPSA) is 42.0 Å². The number of rotatable bonds is 7. The van der Waals surface area contributed by atoms with Crippen LogP contribution in [0.4, 0.5) is 8.78 Å². The van der Waals surface area contributed by atoms with Crippen LogP contribution >= 0.6 is 0 Å². The second-order valence-electron chi connectivity index (χ2n) is 7.04. The van der Waals surface area contributed by atoms with E-state index in [1.807, 2.05) is 19.1 Å². The van der Waals surface area contributed by atoms with Gasteiger partial charge in [-0.1, -0.05) is 13.0 Å². The van der Waals surface area contributed by atoms with E-state index in [0.717, 1.165) is 17.5 Å². The van der Waals surface area contributed by atoms with E-state index >= 15 is 0 Å². The van der Waals surface area contributed by atoms with E-state index in [1.54, 1.807) is 24.0 Å². The maximum atomic E-state index is 14.0. The van der Waals surface area contributed by atoms with Gasteiger partial charge < -0.3 is 14.4 Å². The van der Waals surface area contributed by atoms with Crippen molar-refractivity contribution in [1.82, 2.24) is 9.80 Å². The summed E-state index contributed by atoms with van der Waals surface area (Å²) in [5.74, 6) is 0.0533. The third-order valence-corrected chi connectivity index (χ3v) is 5.32. The molecular formula is C22H26F2N2O3. The number of nitrogens with zero attached hydrogens (tertiary/aromatic N) is 2. The zero-order valence-electron chi connectivity index (χ0n) is 17.0. The average Bonchev–Trinajstić information content (AvgIpc) is 2.73. The molecule has 7 heteroatoms. The van der Waals surface area contributed by atoms with Gasteiger partial charge in [0.1, 0.15) is 11.6 Å². The minimum absolute atomic E-state index is 0.0111. The van der Waals surface area contributed by atoms with Crippen molar-refractivity contribution in [2.45, 2.75) is 26.4 Å². The van der Waals surface area contributed by atoms with Gasteiger partial charge in [-0.3, -0.25) is 9.69 Å². The van der Waals surface area contributed by atoms with Crippen LogP contribution in [-0.2, 0) is 24.3 Å². The third kappa shape index (κ3) is 4.67. The minimum atomic E-state index is -0.594. The van der Waals surface area contributed by atoms with Gasteiger partial charge in [0.05, 0.1) is 20.8 Å². The Hall–Kier alpha value is -2.67. The number of hydrogen-bond acceptors (Lipinski definition) is 4. The second kappa shape index (κ2) is 9.22. The fourth-order valence-corrected chi connectivity index (χ4v) is 3.57. The monoisotopic (exact) mass is 404 g/mol. The summed E-state index contributed by atoms with van der Waals surface area (Å²) in [5, 5.41) is 0. The van der Waals surface area contributed by atoms with E-state index in [2.05, 4.69) is 0 Å². The first-order valence-corrected chi connectivity index (χ1v) is 9.63. The fourth-order valence-electron chi connectivity index (χ4n) is 3.57. The van der Waals surface area contributed by atoms with Crippen LogP contribution in [0.25, 0.3) is 0 Å². The van der Waals surface area contributed by atoms with Gasteiger partial charge in [-0.15, -0.1) is 0 Å². The number of benzene rings is 2. The summed E-state index contributed by atoms with van der Waals surface area (Å²) in [7, 11) is 3.18. The van der Waals surface area contributed by atoms with Crippen LogP contribution in [0.2, 0.25) is 0 Å². The largest absolute Gasteiger partial charge is 0.493 e. The van der Waals surface area contributed by atoms with Crippen LogP contribution in [0.3, 0.4) is 0 Å². The number of methoxy groups -OCH3 is 2. The number of amides is 1. The van der Waals surface area contributed by atoms with Crippen LogP contribution < -0.4 is 9.47 Å². The van der Waals surface area contributed by atoms with E-state index in [4.69, 9.17) is 9.47 Å². The molecule has 0 fully saturated rings. The molecule has 0 atom stereocenters. The van der Waals surface area contributed by atoms with Gasteiger partial charge >= 0.3 is 0 Å². The smallest absolute Gasteiger partial charge is 0.237 e. The van der Waals surface area contributed by atoms with Gasteiger partial charge in [0.25, 0.3) is 0 Å². The van der Waals surface area contributed by atoms with Gasteiger partial charge in [0, 0.05) is 25.2 Å². The van der Waals surface area contributed by atoms with Gasteiger partial charge in [0.2, 0.25) is 5.91 Å². The normalized spacial score (nSPS) is 13.4. The Labute approximate surface area is 169 Å². The number of carbonyl (C=O) groups is 1. The quantitative estimate of drug-likeness (QED) is 0.710. The highest BCUT2D eigenvalue weighted by Gasteiger charge is 2.24. The highest BCUT2D eigenvalue weighted by atomic mass is 19.1. The van der Waals surface area contributed by atoms with E-state index in [0.29, 0.717) is 31.1 Å². The molecule has 0 aliphatic carbocycles. The molecule has 2 aromatic rings. The van der Waals surface area contributed by atoms with Gasteiger partial charge in [-0.25, -0.2) is 8.78 Å². The predicted molar refractivity (Wildman–Crippen MR) is 106 cm³/mol.